The second kappa shape index (κ2) is 6.55. The van der Waals surface area contributed by atoms with Crippen molar-refractivity contribution in [1.29, 1.82) is 0 Å². The van der Waals surface area contributed by atoms with E-state index in [2.05, 4.69) is 114 Å². The van der Waals surface area contributed by atoms with Gasteiger partial charge in [0.25, 0.3) is 0 Å². The lowest BCUT2D eigenvalue weighted by molar-refractivity contribution is 1.06. The number of rotatable bonds is 0. The zero-order valence-corrected chi connectivity index (χ0v) is 23.7. The molecule has 0 nitrogen and oxygen atoms in total. The maximum Gasteiger partial charge on any atom is 0.243 e. The van der Waals surface area contributed by atoms with Crippen LogP contribution in [0.1, 0.15) is 33.4 Å². The number of hydrogen-bond acceptors (Lipinski definition) is 0. The van der Waals surface area contributed by atoms with Crippen molar-refractivity contribution >= 4 is 119 Å². The molecule has 28 heavy (non-hydrogen) atoms. The summed E-state index contributed by atoms with van der Waals surface area (Å²) in [4.78, 5) is 0. The molecule has 6 rings (SSSR count). The highest BCUT2D eigenvalue weighted by molar-refractivity contribution is 9.11. The van der Waals surface area contributed by atoms with Crippen LogP contribution >= 0.6 is 95.6 Å². The minimum Gasteiger partial charge on any atom is -0.0595 e. The van der Waals surface area contributed by atoms with Gasteiger partial charge in [0.15, 0.2) is 0 Å². The third-order valence-electron chi connectivity index (χ3n) is 6.37. The Morgan fingerprint density at radius 3 is 0.857 bits per heavy atom. The van der Waals surface area contributed by atoms with E-state index in [1.54, 1.807) is 0 Å². The Hall–Kier alpha value is 0.605. The Morgan fingerprint density at radius 1 is 0.429 bits per heavy atom. The zero-order chi connectivity index (χ0) is 19.5. The summed E-state index contributed by atoms with van der Waals surface area (Å²) in [6.45, 7) is 0.285. The molecule has 3 aliphatic heterocycles. The minimum absolute atomic E-state index is 0.285. The van der Waals surface area contributed by atoms with E-state index in [1.165, 1.54) is 76.6 Å². The van der Waals surface area contributed by atoms with Gasteiger partial charge in [-0.05, 0) is 70.8 Å². The van der Waals surface area contributed by atoms with Crippen LogP contribution in [0.3, 0.4) is 0 Å². The van der Waals surface area contributed by atoms with Gasteiger partial charge in [-0.1, -0.05) is 112 Å². The first kappa shape index (κ1) is 19.3. The second-order valence-corrected chi connectivity index (χ2v) is 12.7. The number of benzene rings is 3. The van der Waals surface area contributed by atoms with Crippen molar-refractivity contribution in [1.82, 2.24) is 0 Å². The van der Waals surface area contributed by atoms with E-state index in [0.29, 0.717) is 0 Å². The molecular weight excluding hydrogens is 742 g/mol. The molecule has 0 aliphatic carbocycles. The van der Waals surface area contributed by atoms with Gasteiger partial charge in [0, 0.05) is 26.8 Å². The molecule has 0 radical (unpaired) electrons. The van der Waals surface area contributed by atoms with Crippen molar-refractivity contribution < 1.29 is 0 Å². The van der Waals surface area contributed by atoms with E-state index >= 15 is 0 Å². The van der Waals surface area contributed by atoms with Gasteiger partial charge in [-0.15, -0.1) is 0 Å². The van der Waals surface area contributed by atoms with Crippen LogP contribution in [0.4, 0.5) is 0 Å². The van der Waals surface area contributed by atoms with Crippen LogP contribution in [-0.4, -0.2) is 6.71 Å². The summed E-state index contributed by atoms with van der Waals surface area (Å²) in [5.74, 6) is 0. The van der Waals surface area contributed by atoms with Gasteiger partial charge in [-0.2, -0.15) is 0 Å². The number of hydrogen-bond donors (Lipinski definition) is 0. The fourth-order valence-electron chi connectivity index (χ4n) is 5.26. The highest BCUT2D eigenvalue weighted by Crippen LogP contribution is 2.41. The van der Waals surface area contributed by atoms with Crippen LogP contribution in [0.2, 0.25) is 0 Å². The fraction of sp³-hybridized carbons (Fsp3) is 0.143. The van der Waals surface area contributed by atoms with Crippen molar-refractivity contribution in [3.63, 3.8) is 0 Å². The Morgan fingerprint density at radius 2 is 0.643 bits per heavy atom. The molecule has 0 unspecified atom stereocenters. The van der Waals surface area contributed by atoms with Crippen LogP contribution in [0.25, 0.3) is 0 Å². The largest absolute Gasteiger partial charge is 0.243 e. The molecule has 0 bridgehead atoms. The summed E-state index contributed by atoms with van der Waals surface area (Å²) in [6.07, 6.45) is 2.88. The third kappa shape index (κ3) is 2.44. The third-order valence-corrected chi connectivity index (χ3v) is 10.6. The number of halogens is 6. The lowest BCUT2D eigenvalue weighted by Crippen LogP contribution is -2.65. The molecular formula is C21H9BBr6. The topological polar surface area (TPSA) is 0 Å². The Bertz CT molecular complexity index is 1030. The molecule has 3 aromatic carbocycles. The molecule has 0 aromatic heterocycles. The first-order valence-electron chi connectivity index (χ1n) is 8.85. The Labute approximate surface area is 214 Å². The fourth-order valence-corrected chi connectivity index (χ4v) is 9.68. The standard InChI is InChI=1S/C21H9BBr6/c23-13-4-15(25)9-2-11-17(27)6-18(28)12-3-10-16(26)5-14(24)8-1-7(13)19(9)22(20(8)10)21(11)12/h4-6H,1-3H2. The molecule has 3 heterocycles. The lowest BCUT2D eigenvalue weighted by Gasteiger charge is -2.41. The smallest absolute Gasteiger partial charge is 0.0595 e. The van der Waals surface area contributed by atoms with Crippen LogP contribution in [0.5, 0.6) is 0 Å². The molecule has 0 fully saturated rings. The van der Waals surface area contributed by atoms with Gasteiger partial charge in [0.2, 0.25) is 6.71 Å². The van der Waals surface area contributed by atoms with Crippen molar-refractivity contribution in [2.45, 2.75) is 19.3 Å². The molecule has 3 aromatic rings. The van der Waals surface area contributed by atoms with Crippen molar-refractivity contribution in [2.75, 3.05) is 0 Å². The molecule has 0 saturated carbocycles. The molecule has 0 N–H and O–H groups in total. The van der Waals surface area contributed by atoms with Crippen molar-refractivity contribution in [3.05, 3.63) is 78.4 Å². The zero-order valence-electron chi connectivity index (χ0n) is 14.2. The summed E-state index contributed by atoms with van der Waals surface area (Å²) < 4.78 is 7.19. The summed E-state index contributed by atoms with van der Waals surface area (Å²) in [7, 11) is 0. The van der Waals surface area contributed by atoms with Gasteiger partial charge in [-0.25, -0.2) is 0 Å². The predicted molar refractivity (Wildman–Crippen MR) is 139 cm³/mol. The van der Waals surface area contributed by atoms with E-state index < -0.39 is 0 Å². The monoisotopic (exact) mass is 746 g/mol. The molecule has 138 valence electrons. The second-order valence-electron chi connectivity index (χ2n) is 7.60. The van der Waals surface area contributed by atoms with E-state index in [0.717, 1.165) is 19.3 Å². The first-order chi connectivity index (χ1) is 13.4. The normalized spacial score (nSPS) is 15.0. The first-order valence-corrected chi connectivity index (χ1v) is 13.6. The molecule has 3 aliphatic rings. The van der Waals surface area contributed by atoms with Crippen LogP contribution in [-0.2, 0) is 19.3 Å². The summed E-state index contributed by atoms with van der Waals surface area (Å²) in [5, 5.41) is 0. The average molecular weight is 752 g/mol. The summed E-state index contributed by atoms with van der Waals surface area (Å²) in [5.41, 5.74) is 13.1. The molecule has 0 atom stereocenters. The molecule has 7 heteroatoms. The van der Waals surface area contributed by atoms with Crippen LogP contribution in [0.15, 0.2) is 45.0 Å². The van der Waals surface area contributed by atoms with Crippen LogP contribution < -0.4 is 16.4 Å². The van der Waals surface area contributed by atoms with Crippen LogP contribution in [0, 0.1) is 0 Å². The van der Waals surface area contributed by atoms with E-state index in [4.69, 9.17) is 0 Å². The quantitative estimate of drug-likeness (QED) is 0.156. The van der Waals surface area contributed by atoms with E-state index in [1.807, 2.05) is 0 Å². The van der Waals surface area contributed by atoms with Gasteiger partial charge < -0.3 is 0 Å². The minimum atomic E-state index is 0.285. The van der Waals surface area contributed by atoms with Gasteiger partial charge in [0.05, 0.1) is 0 Å². The molecule has 0 saturated heterocycles. The lowest BCUT2D eigenvalue weighted by atomic mass is 9.28. The van der Waals surface area contributed by atoms with Gasteiger partial charge >= 0.3 is 0 Å². The van der Waals surface area contributed by atoms with E-state index in [9.17, 15) is 0 Å². The highest BCUT2D eigenvalue weighted by Gasteiger charge is 2.45. The highest BCUT2D eigenvalue weighted by atomic mass is 79.9. The average Bonchev–Trinajstić information content (AvgIpc) is 2.65. The predicted octanol–water partition coefficient (Wildman–Crippen LogP) is 6.49. The van der Waals surface area contributed by atoms with Gasteiger partial charge in [-0.3, -0.25) is 0 Å². The SMILES string of the molecule is Brc1cc(Br)c2c3c1Cc1c(Br)cc(Br)c4c1B3c1c(c(Br)cc(Br)c1C4)C2. The maximum absolute atomic E-state index is 3.87. The maximum atomic E-state index is 3.87. The van der Waals surface area contributed by atoms with E-state index in [-0.39, 0.29) is 6.71 Å². The van der Waals surface area contributed by atoms with Crippen molar-refractivity contribution in [2.24, 2.45) is 0 Å². The van der Waals surface area contributed by atoms with Crippen molar-refractivity contribution in [3.8, 4) is 0 Å². The molecule has 0 spiro atoms. The Kier molecular flexibility index (Phi) is 4.52. The summed E-state index contributed by atoms with van der Waals surface area (Å²) >= 11 is 23.2. The Balaban J connectivity index is 1.84. The molecule has 0 amide bonds. The van der Waals surface area contributed by atoms with Gasteiger partial charge in [0.1, 0.15) is 0 Å². The summed E-state index contributed by atoms with van der Waals surface area (Å²) in [6, 6.07) is 6.69.